The topological polar surface area (TPSA) is 77.8 Å². The lowest BCUT2D eigenvalue weighted by molar-refractivity contribution is 0.339. The highest BCUT2D eigenvalue weighted by Crippen LogP contribution is 2.28. The molecule has 0 unspecified atom stereocenters. The van der Waals surface area contributed by atoms with Gasteiger partial charge in [0.1, 0.15) is 5.82 Å². The Bertz CT molecular complexity index is 360. The van der Waals surface area contributed by atoms with Gasteiger partial charge in [0, 0.05) is 11.3 Å². The van der Waals surface area contributed by atoms with Crippen molar-refractivity contribution in [2.45, 2.75) is 51.9 Å². The van der Waals surface area contributed by atoms with Gasteiger partial charge in [-0.25, -0.2) is 4.98 Å². The van der Waals surface area contributed by atoms with Crippen molar-refractivity contribution in [1.82, 2.24) is 9.97 Å². The van der Waals surface area contributed by atoms with Crippen molar-refractivity contribution < 1.29 is 0 Å². The van der Waals surface area contributed by atoms with Gasteiger partial charge in [-0.15, -0.1) is 0 Å². The predicted octanol–water partition coefficient (Wildman–Crippen LogP) is 2.46. The minimum atomic E-state index is 0.279. The van der Waals surface area contributed by atoms with E-state index < -0.39 is 0 Å². The van der Waals surface area contributed by atoms with E-state index in [1.807, 2.05) is 6.92 Å². The van der Waals surface area contributed by atoms with E-state index in [-0.39, 0.29) is 5.95 Å². The first-order valence-corrected chi connectivity index (χ1v) is 6.55. The molecule has 2 rings (SSSR count). The Hall–Kier alpha value is -1.32. The SMILES string of the molecule is Cc1nc(N)nc(N)c1CCC1CCCCC1. The minimum absolute atomic E-state index is 0.279. The number of nitrogens with zero attached hydrogens (tertiary/aromatic N) is 2. The highest BCUT2D eigenvalue weighted by atomic mass is 15.0. The lowest BCUT2D eigenvalue weighted by atomic mass is 9.85. The van der Waals surface area contributed by atoms with Gasteiger partial charge < -0.3 is 11.5 Å². The summed E-state index contributed by atoms with van der Waals surface area (Å²) in [5.41, 5.74) is 13.5. The number of aromatic nitrogens is 2. The summed E-state index contributed by atoms with van der Waals surface area (Å²) in [7, 11) is 0. The minimum Gasteiger partial charge on any atom is -0.383 e. The van der Waals surface area contributed by atoms with E-state index in [1.165, 1.54) is 38.5 Å². The molecule has 4 N–H and O–H groups in total. The number of hydrogen-bond donors (Lipinski definition) is 2. The second-order valence-corrected chi connectivity index (χ2v) is 5.07. The van der Waals surface area contributed by atoms with Crippen LogP contribution in [-0.2, 0) is 6.42 Å². The third-order valence-electron chi connectivity index (χ3n) is 3.79. The molecule has 0 saturated heterocycles. The summed E-state index contributed by atoms with van der Waals surface area (Å²) < 4.78 is 0. The fourth-order valence-corrected chi connectivity index (χ4v) is 2.77. The van der Waals surface area contributed by atoms with E-state index in [0.29, 0.717) is 5.82 Å². The van der Waals surface area contributed by atoms with Gasteiger partial charge >= 0.3 is 0 Å². The number of anilines is 2. The molecule has 0 amide bonds. The molecule has 0 radical (unpaired) electrons. The van der Waals surface area contributed by atoms with E-state index in [4.69, 9.17) is 11.5 Å². The van der Waals surface area contributed by atoms with E-state index in [1.54, 1.807) is 0 Å². The smallest absolute Gasteiger partial charge is 0.222 e. The zero-order chi connectivity index (χ0) is 12.3. The molecule has 17 heavy (non-hydrogen) atoms. The van der Waals surface area contributed by atoms with Crippen LogP contribution in [0.2, 0.25) is 0 Å². The van der Waals surface area contributed by atoms with Crippen LogP contribution in [0.15, 0.2) is 0 Å². The van der Waals surface area contributed by atoms with Crippen LogP contribution in [0.1, 0.15) is 49.8 Å². The van der Waals surface area contributed by atoms with Crippen molar-refractivity contribution in [3.63, 3.8) is 0 Å². The maximum Gasteiger partial charge on any atom is 0.222 e. The summed E-state index contributed by atoms with van der Waals surface area (Å²) in [5, 5.41) is 0. The second-order valence-electron chi connectivity index (χ2n) is 5.07. The Balaban J connectivity index is 1.98. The van der Waals surface area contributed by atoms with Crippen molar-refractivity contribution in [1.29, 1.82) is 0 Å². The van der Waals surface area contributed by atoms with Gasteiger partial charge in [-0.3, -0.25) is 0 Å². The summed E-state index contributed by atoms with van der Waals surface area (Å²) in [4.78, 5) is 8.23. The predicted molar refractivity (Wildman–Crippen MR) is 70.5 cm³/mol. The highest BCUT2D eigenvalue weighted by Gasteiger charge is 2.15. The van der Waals surface area contributed by atoms with E-state index in [9.17, 15) is 0 Å². The summed E-state index contributed by atoms with van der Waals surface area (Å²) in [6, 6.07) is 0. The lowest BCUT2D eigenvalue weighted by Crippen LogP contribution is -2.11. The van der Waals surface area contributed by atoms with Crippen LogP contribution < -0.4 is 11.5 Å². The zero-order valence-electron chi connectivity index (χ0n) is 10.6. The fourth-order valence-electron chi connectivity index (χ4n) is 2.77. The van der Waals surface area contributed by atoms with Crippen LogP contribution >= 0.6 is 0 Å². The molecule has 0 aromatic carbocycles. The monoisotopic (exact) mass is 234 g/mol. The maximum absolute atomic E-state index is 5.91. The number of hydrogen-bond acceptors (Lipinski definition) is 4. The van der Waals surface area contributed by atoms with Crippen molar-refractivity contribution in [2.24, 2.45) is 5.92 Å². The van der Waals surface area contributed by atoms with Crippen molar-refractivity contribution in [3.05, 3.63) is 11.3 Å². The average molecular weight is 234 g/mol. The number of nitrogens with two attached hydrogens (primary N) is 2. The molecule has 0 bridgehead atoms. The molecule has 1 fully saturated rings. The average Bonchev–Trinajstić information content (AvgIpc) is 2.29. The molecule has 1 aromatic rings. The molecular weight excluding hydrogens is 212 g/mol. The largest absolute Gasteiger partial charge is 0.383 e. The Morgan fingerprint density at radius 3 is 2.47 bits per heavy atom. The normalized spacial score (nSPS) is 17.2. The van der Waals surface area contributed by atoms with Gasteiger partial charge in [-0.2, -0.15) is 4.98 Å². The van der Waals surface area contributed by atoms with E-state index in [2.05, 4.69) is 9.97 Å². The Labute approximate surface area is 103 Å². The standard InChI is InChI=1S/C13H22N4/c1-9-11(12(14)17-13(15)16-9)8-7-10-5-3-2-4-6-10/h10H,2-8H2,1H3,(H4,14,15,16,17). The molecule has 1 heterocycles. The van der Waals surface area contributed by atoms with Crippen LogP contribution in [-0.4, -0.2) is 9.97 Å². The Morgan fingerprint density at radius 1 is 1.12 bits per heavy atom. The summed E-state index contributed by atoms with van der Waals surface area (Å²) in [6.45, 7) is 1.96. The quantitative estimate of drug-likeness (QED) is 0.842. The maximum atomic E-state index is 5.91. The number of rotatable bonds is 3. The van der Waals surface area contributed by atoms with Crippen LogP contribution in [0.3, 0.4) is 0 Å². The highest BCUT2D eigenvalue weighted by molar-refractivity contribution is 5.45. The molecule has 1 saturated carbocycles. The molecule has 4 heteroatoms. The van der Waals surface area contributed by atoms with Crippen LogP contribution in [0.4, 0.5) is 11.8 Å². The van der Waals surface area contributed by atoms with Crippen molar-refractivity contribution >= 4 is 11.8 Å². The molecule has 4 nitrogen and oxygen atoms in total. The van der Waals surface area contributed by atoms with Gasteiger partial charge in [0.15, 0.2) is 0 Å². The zero-order valence-corrected chi connectivity index (χ0v) is 10.6. The van der Waals surface area contributed by atoms with Crippen LogP contribution in [0.5, 0.6) is 0 Å². The van der Waals surface area contributed by atoms with E-state index in [0.717, 1.165) is 23.6 Å². The van der Waals surface area contributed by atoms with Gasteiger partial charge in [-0.1, -0.05) is 32.1 Å². The summed E-state index contributed by atoms with van der Waals surface area (Å²) >= 11 is 0. The first-order chi connectivity index (χ1) is 8.16. The van der Waals surface area contributed by atoms with Gasteiger partial charge in [0.25, 0.3) is 0 Å². The summed E-state index contributed by atoms with van der Waals surface area (Å²) in [5.74, 6) is 1.70. The van der Waals surface area contributed by atoms with Gasteiger partial charge in [0.2, 0.25) is 5.95 Å². The second kappa shape index (κ2) is 5.34. The fraction of sp³-hybridized carbons (Fsp3) is 0.692. The van der Waals surface area contributed by atoms with Crippen molar-refractivity contribution in [3.8, 4) is 0 Å². The first-order valence-electron chi connectivity index (χ1n) is 6.55. The molecule has 0 atom stereocenters. The van der Waals surface area contributed by atoms with Crippen LogP contribution in [0.25, 0.3) is 0 Å². The number of nitrogen functional groups attached to an aromatic ring is 2. The van der Waals surface area contributed by atoms with Crippen LogP contribution in [0, 0.1) is 12.8 Å². The van der Waals surface area contributed by atoms with E-state index >= 15 is 0 Å². The summed E-state index contributed by atoms with van der Waals surface area (Å²) in [6.07, 6.45) is 9.11. The molecular formula is C13H22N4. The third-order valence-corrected chi connectivity index (χ3v) is 3.79. The molecule has 1 aliphatic rings. The molecule has 0 spiro atoms. The lowest BCUT2D eigenvalue weighted by Gasteiger charge is -2.21. The molecule has 1 aliphatic carbocycles. The number of aryl methyl sites for hydroxylation is 1. The molecule has 0 aliphatic heterocycles. The Morgan fingerprint density at radius 2 is 1.82 bits per heavy atom. The molecule has 94 valence electrons. The van der Waals surface area contributed by atoms with Crippen molar-refractivity contribution in [2.75, 3.05) is 11.5 Å². The molecule has 1 aromatic heterocycles. The van der Waals surface area contributed by atoms with Gasteiger partial charge in [0.05, 0.1) is 0 Å². The third kappa shape index (κ3) is 3.08. The van der Waals surface area contributed by atoms with Gasteiger partial charge in [-0.05, 0) is 25.7 Å². The first kappa shape index (κ1) is 12.1. The Kier molecular flexibility index (Phi) is 3.82.